The van der Waals surface area contributed by atoms with Crippen LogP contribution in [0.25, 0.3) is 10.2 Å². The minimum Gasteiger partial charge on any atom is -0.470 e. The summed E-state index contributed by atoms with van der Waals surface area (Å²) in [5.41, 5.74) is 1.91. The Labute approximate surface area is 177 Å². The third-order valence-electron chi connectivity index (χ3n) is 4.65. The summed E-state index contributed by atoms with van der Waals surface area (Å²) in [6.45, 7) is 2.13. The minimum atomic E-state index is -0.224. The average molecular weight is 420 g/mol. The molecule has 3 aromatic heterocycles. The molecular weight excluding hydrogens is 400 g/mol. The SMILES string of the molecule is CC(Oc1ccc(C(=O)N(C)Cc2nc3ccsc3c(=O)[nH]2)cn1)c1ccccc1. The van der Waals surface area contributed by atoms with Gasteiger partial charge >= 0.3 is 0 Å². The van der Waals surface area contributed by atoms with Gasteiger partial charge in [0.15, 0.2) is 0 Å². The smallest absolute Gasteiger partial charge is 0.268 e. The summed E-state index contributed by atoms with van der Waals surface area (Å²) >= 11 is 1.34. The molecular formula is C22H20N4O3S. The maximum Gasteiger partial charge on any atom is 0.268 e. The van der Waals surface area contributed by atoms with Gasteiger partial charge in [0.2, 0.25) is 5.88 Å². The van der Waals surface area contributed by atoms with E-state index in [1.165, 1.54) is 22.4 Å². The summed E-state index contributed by atoms with van der Waals surface area (Å²) in [6.07, 6.45) is 1.34. The maximum atomic E-state index is 12.7. The zero-order chi connectivity index (χ0) is 21.1. The van der Waals surface area contributed by atoms with E-state index in [1.54, 1.807) is 25.2 Å². The van der Waals surface area contributed by atoms with Crippen LogP contribution in [-0.4, -0.2) is 32.8 Å². The fraction of sp³-hybridized carbons (Fsp3) is 0.182. The van der Waals surface area contributed by atoms with Crippen molar-refractivity contribution < 1.29 is 9.53 Å². The number of hydrogen-bond donors (Lipinski definition) is 1. The number of rotatable bonds is 6. The molecule has 3 heterocycles. The highest BCUT2D eigenvalue weighted by Crippen LogP contribution is 2.20. The molecule has 1 atom stereocenters. The molecule has 1 N–H and O–H groups in total. The number of pyridine rings is 1. The Bertz CT molecular complexity index is 1220. The van der Waals surface area contributed by atoms with Gasteiger partial charge in [0.05, 0.1) is 17.6 Å². The van der Waals surface area contributed by atoms with E-state index in [-0.39, 0.29) is 24.1 Å². The highest BCUT2D eigenvalue weighted by molar-refractivity contribution is 7.17. The van der Waals surface area contributed by atoms with E-state index in [0.717, 1.165) is 5.56 Å². The van der Waals surface area contributed by atoms with E-state index in [9.17, 15) is 9.59 Å². The van der Waals surface area contributed by atoms with Crippen molar-refractivity contribution in [3.8, 4) is 5.88 Å². The molecule has 1 amide bonds. The van der Waals surface area contributed by atoms with E-state index in [1.807, 2.05) is 42.6 Å². The Morgan fingerprint density at radius 1 is 1.20 bits per heavy atom. The number of nitrogens with one attached hydrogen (secondary N) is 1. The molecule has 0 fully saturated rings. The molecule has 4 rings (SSSR count). The van der Waals surface area contributed by atoms with Crippen molar-refractivity contribution >= 4 is 27.5 Å². The number of amides is 1. The first-order valence-corrected chi connectivity index (χ1v) is 10.3. The predicted octanol–water partition coefficient (Wildman–Crippen LogP) is 3.79. The lowest BCUT2D eigenvalue weighted by Crippen LogP contribution is -2.28. The number of H-pyrrole nitrogens is 1. The second-order valence-corrected chi connectivity index (χ2v) is 7.78. The lowest BCUT2D eigenvalue weighted by Gasteiger charge is -2.17. The molecule has 0 aliphatic heterocycles. The number of hydrogen-bond acceptors (Lipinski definition) is 6. The van der Waals surface area contributed by atoms with E-state index < -0.39 is 0 Å². The molecule has 0 radical (unpaired) electrons. The molecule has 30 heavy (non-hydrogen) atoms. The van der Waals surface area contributed by atoms with Crippen LogP contribution in [0.4, 0.5) is 0 Å². The van der Waals surface area contributed by atoms with Crippen LogP contribution in [0.3, 0.4) is 0 Å². The first-order chi connectivity index (χ1) is 14.5. The van der Waals surface area contributed by atoms with Gasteiger partial charge in [-0.25, -0.2) is 9.97 Å². The van der Waals surface area contributed by atoms with E-state index in [4.69, 9.17) is 4.74 Å². The van der Waals surface area contributed by atoms with Gasteiger partial charge in [-0.1, -0.05) is 30.3 Å². The van der Waals surface area contributed by atoms with Crippen LogP contribution in [-0.2, 0) is 6.54 Å². The Balaban J connectivity index is 1.43. The molecule has 0 bridgehead atoms. The summed E-state index contributed by atoms with van der Waals surface area (Å²) < 4.78 is 6.43. The molecule has 0 saturated heterocycles. The fourth-order valence-electron chi connectivity index (χ4n) is 3.06. The number of fused-ring (bicyclic) bond motifs is 1. The third-order valence-corrected chi connectivity index (χ3v) is 5.55. The zero-order valence-corrected chi connectivity index (χ0v) is 17.3. The van der Waals surface area contributed by atoms with Gasteiger partial charge in [-0.2, -0.15) is 0 Å². The Morgan fingerprint density at radius 3 is 2.73 bits per heavy atom. The first kappa shape index (κ1) is 19.8. The Hall–Kier alpha value is -3.52. The lowest BCUT2D eigenvalue weighted by molar-refractivity contribution is 0.0781. The molecule has 1 aromatic carbocycles. The minimum absolute atomic E-state index is 0.155. The molecule has 0 saturated carbocycles. The Morgan fingerprint density at radius 2 is 2.00 bits per heavy atom. The Kier molecular flexibility index (Phi) is 5.58. The standard InChI is InChI=1S/C22H20N4O3S/c1-14(15-6-4-3-5-7-15)29-19-9-8-16(12-23-19)22(28)26(2)13-18-24-17-10-11-30-20(17)21(27)25-18/h3-12,14H,13H2,1-2H3,(H,24,25,27). The summed E-state index contributed by atoms with van der Waals surface area (Å²) in [7, 11) is 1.65. The van der Waals surface area contributed by atoms with Crippen molar-refractivity contribution in [2.75, 3.05) is 7.05 Å². The number of benzene rings is 1. The van der Waals surface area contributed by atoms with E-state index in [2.05, 4.69) is 15.0 Å². The second kappa shape index (κ2) is 8.46. The van der Waals surface area contributed by atoms with E-state index >= 15 is 0 Å². The highest BCUT2D eigenvalue weighted by Gasteiger charge is 2.15. The molecule has 152 valence electrons. The third kappa shape index (κ3) is 4.23. The fourth-order valence-corrected chi connectivity index (χ4v) is 3.79. The number of aromatic amines is 1. The van der Waals surface area contributed by atoms with Crippen LogP contribution >= 0.6 is 11.3 Å². The zero-order valence-electron chi connectivity index (χ0n) is 16.5. The van der Waals surface area contributed by atoms with Crippen LogP contribution < -0.4 is 10.3 Å². The van der Waals surface area contributed by atoms with Crippen molar-refractivity contribution in [2.24, 2.45) is 0 Å². The summed E-state index contributed by atoms with van der Waals surface area (Å²) in [4.78, 5) is 37.7. The average Bonchev–Trinajstić information content (AvgIpc) is 3.23. The molecule has 0 aliphatic rings. The quantitative estimate of drug-likeness (QED) is 0.513. The maximum absolute atomic E-state index is 12.7. The van der Waals surface area contributed by atoms with Crippen molar-refractivity contribution in [1.29, 1.82) is 0 Å². The summed E-state index contributed by atoms with van der Waals surface area (Å²) in [5, 5.41) is 1.82. The monoisotopic (exact) mass is 420 g/mol. The van der Waals surface area contributed by atoms with Crippen molar-refractivity contribution in [2.45, 2.75) is 19.6 Å². The van der Waals surface area contributed by atoms with Gasteiger partial charge in [-0.15, -0.1) is 11.3 Å². The van der Waals surface area contributed by atoms with Crippen LogP contribution in [0.15, 0.2) is 64.9 Å². The number of nitrogens with zero attached hydrogens (tertiary/aromatic N) is 3. The van der Waals surface area contributed by atoms with Gasteiger partial charge in [0.1, 0.15) is 16.6 Å². The van der Waals surface area contributed by atoms with Gasteiger partial charge in [-0.05, 0) is 30.0 Å². The van der Waals surface area contributed by atoms with Crippen molar-refractivity contribution in [3.63, 3.8) is 0 Å². The molecule has 7 nitrogen and oxygen atoms in total. The van der Waals surface area contributed by atoms with Gasteiger partial charge in [-0.3, -0.25) is 9.59 Å². The van der Waals surface area contributed by atoms with Gasteiger partial charge < -0.3 is 14.6 Å². The lowest BCUT2D eigenvalue weighted by atomic mass is 10.1. The van der Waals surface area contributed by atoms with Crippen LogP contribution in [0.2, 0.25) is 0 Å². The van der Waals surface area contributed by atoms with Crippen LogP contribution in [0, 0.1) is 0 Å². The van der Waals surface area contributed by atoms with Crippen LogP contribution in [0.5, 0.6) is 5.88 Å². The predicted molar refractivity (Wildman–Crippen MR) is 116 cm³/mol. The van der Waals surface area contributed by atoms with Crippen molar-refractivity contribution in [1.82, 2.24) is 19.9 Å². The topological polar surface area (TPSA) is 88.2 Å². The molecule has 0 spiro atoms. The van der Waals surface area contributed by atoms with Gasteiger partial charge in [0, 0.05) is 19.3 Å². The number of aromatic nitrogens is 3. The van der Waals surface area contributed by atoms with Gasteiger partial charge in [0.25, 0.3) is 11.5 Å². The summed E-state index contributed by atoms with van der Waals surface area (Å²) in [6, 6.07) is 15.0. The van der Waals surface area contributed by atoms with E-state index in [0.29, 0.717) is 27.5 Å². The largest absolute Gasteiger partial charge is 0.470 e. The first-order valence-electron chi connectivity index (χ1n) is 9.41. The number of ether oxygens (including phenoxy) is 1. The molecule has 4 aromatic rings. The second-order valence-electron chi connectivity index (χ2n) is 6.86. The molecule has 1 unspecified atom stereocenters. The van der Waals surface area contributed by atoms with Crippen molar-refractivity contribution in [3.05, 3.63) is 87.4 Å². The van der Waals surface area contributed by atoms with Crippen LogP contribution in [0.1, 0.15) is 34.8 Å². The summed E-state index contributed by atoms with van der Waals surface area (Å²) in [5.74, 6) is 0.657. The molecule has 8 heteroatoms. The normalized spacial score (nSPS) is 11.9. The number of carbonyl (C=O) groups excluding carboxylic acids is 1. The molecule has 0 aliphatic carbocycles. The highest BCUT2D eigenvalue weighted by atomic mass is 32.1. The number of thiophene rings is 1. The number of carbonyl (C=O) groups is 1.